The quantitative estimate of drug-likeness (QED) is 0.502. The number of Topliss-reactive ketones (excluding diaryl/α,β-unsaturated/α-hetero) is 1. The third-order valence-corrected chi connectivity index (χ3v) is 2.99. The van der Waals surface area contributed by atoms with E-state index in [0.29, 0.717) is 5.78 Å². The zero-order valence-corrected chi connectivity index (χ0v) is 11.4. The Labute approximate surface area is 101 Å². The Kier molecular flexibility index (Phi) is 10.9. The van der Waals surface area contributed by atoms with Crippen LogP contribution in [0, 0.1) is 0 Å². The van der Waals surface area contributed by atoms with Gasteiger partial charge in [-0.05, 0) is 45.8 Å². The Morgan fingerprint density at radius 2 is 1.56 bits per heavy atom. The molecule has 96 valence electrons. The molecule has 0 N–H and O–H groups in total. The Balaban J connectivity index is 3.22. The molecule has 16 heavy (non-hydrogen) atoms. The summed E-state index contributed by atoms with van der Waals surface area (Å²) in [5.41, 5.74) is 0. The van der Waals surface area contributed by atoms with E-state index in [0.717, 1.165) is 12.8 Å². The summed E-state index contributed by atoms with van der Waals surface area (Å²) in [5, 5.41) is 0. The Bertz CT molecular complexity index is 168. The van der Waals surface area contributed by atoms with Crippen molar-refractivity contribution in [3.63, 3.8) is 0 Å². The van der Waals surface area contributed by atoms with Crippen LogP contribution >= 0.6 is 0 Å². The van der Waals surface area contributed by atoms with Crippen molar-refractivity contribution in [1.82, 2.24) is 4.90 Å². The molecule has 2 nitrogen and oxygen atoms in total. The lowest BCUT2D eigenvalue weighted by atomic mass is 10.1. The molecule has 0 spiro atoms. The minimum absolute atomic E-state index is 0.333. The number of hydrogen-bond acceptors (Lipinski definition) is 2. The number of unbranched alkanes of at least 4 members (excludes halogenated alkanes) is 4. The highest BCUT2D eigenvalue weighted by atomic mass is 16.1. The van der Waals surface area contributed by atoms with E-state index in [1.807, 2.05) is 0 Å². The predicted molar refractivity (Wildman–Crippen MR) is 70.8 cm³/mol. The molecule has 0 aliphatic rings. The van der Waals surface area contributed by atoms with Crippen LogP contribution in [0.25, 0.3) is 0 Å². The number of ketones is 1. The fourth-order valence-electron chi connectivity index (χ4n) is 1.98. The van der Waals surface area contributed by atoms with E-state index < -0.39 is 0 Å². The van der Waals surface area contributed by atoms with E-state index in [9.17, 15) is 4.79 Å². The number of hydrogen-bond donors (Lipinski definition) is 0. The van der Waals surface area contributed by atoms with Crippen molar-refractivity contribution >= 4 is 5.78 Å². The summed E-state index contributed by atoms with van der Waals surface area (Å²) in [6.07, 6.45) is 8.26. The lowest BCUT2D eigenvalue weighted by molar-refractivity contribution is -0.117. The van der Waals surface area contributed by atoms with Crippen molar-refractivity contribution in [1.29, 1.82) is 0 Å². The van der Waals surface area contributed by atoms with Crippen molar-refractivity contribution in [2.75, 3.05) is 19.6 Å². The molecule has 0 bridgehead atoms. The Morgan fingerprint density at radius 3 is 2.12 bits per heavy atom. The summed E-state index contributed by atoms with van der Waals surface area (Å²) in [6, 6.07) is 0. The van der Waals surface area contributed by atoms with E-state index in [-0.39, 0.29) is 0 Å². The smallest absolute Gasteiger partial charge is 0.129 e. The van der Waals surface area contributed by atoms with Crippen molar-refractivity contribution in [3.05, 3.63) is 0 Å². The third kappa shape index (κ3) is 10.2. The molecule has 0 fully saturated rings. The first-order chi connectivity index (χ1) is 7.70. The molecule has 0 aliphatic carbocycles. The van der Waals surface area contributed by atoms with Gasteiger partial charge in [-0.15, -0.1) is 0 Å². The first kappa shape index (κ1) is 15.6. The highest BCUT2D eigenvalue weighted by Gasteiger charge is 2.00. The van der Waals surface area contributed by atoms with Gasteiger partial charge < -0.3 is 9.69 Å². The molecule has 0 radical (unpaired) electrons. The molecule has 0 saturated carbocycles. The van der Waals surface area contributed by atoms with E-state index in [4.69, 9.17) is 0 Å². The molecule has 0 aliphatic heterocycles. The van der Waals surface area contributed by atoms with Gasteiger partial charge in [0.25, 0.3) is 0 Å². The summed E-state index contributed by atoms with van der Waals surface area (Å²) < 4.78 is 0. The lowest BCUT2D eigenvalue weighted by Gasteiger charge is -2.19. The van der Waals surface area contributed by atoms with Gasteiger partial charge in [-0.3, -0.25) is 0 Å². The number of carbonyl (C=O) groups excluding carboxylic acids is 1. The second kappa shape index (κ2) is 11.1. The van der Waals surface area contributed by atoms with E-state index >= 15 is 0 Å². The molecule has 0 atom stereocenters. The van der Waals surface area contributed by atoms with E-state index in [1.165, 1.54) is 51.7 Å². The van der Waals surface area contributed by atoms with Crippen LogP contribution < -0.4 is 0 Å². The number of nitrogens with zero attached hydrogens (tertiary/aromatic N) is 1. The first-order valence-corrected chi connectivity index (χ1v) is 6.92. The van der Waals surface area contributed by atoms with Crippen LogP contribution in [-0.4, -0.2) is 30.3 Å². The molecule has 0 aromatic rings. The van der Waals surface area contributed by atoms with Crippen LogP contribution in [0.5, 0.6) is 0 Å². The Hall–Kier alpha value is -0.370. The first-order valence-electron chi connectivity index (χ1n) is 6.92. The molecule has 0 aromatic heterocycles. The van der Waals surface area contributed by atoms with E-state index in [2.05, 4.69) is 18.7 Å². The van der Waals surface area contributed by atoms with E-state index in [1.54, 1.807) is 6.92 Å². The van der Waals surface area contributed by atoms with Crippen LogP contribution in [0.2, 0.25) is 0 Å². The molecule has 0 rings (SSSR count). The molecule has 0 unspecified atom stereocenters. The van der Waals surface area contributed by atoms with Crippen molar-refractivity contribution in [2.45, 2.75) is 65.7 Å². The molecule has 0 heterocycles. The molecular weight excluding hydrogens is 198 g/mol. The summed E-state index contributed by atoms with van der Waals surface area (Å²) in [7, 11) is 0. The van der Waals surface area contributed by atoms with Crippen LogP contribution in [0.4, 0.5) is 0 Å². The second-order valence-corrected chi connectivity index (χ2v) is 4.65. The van der Waals surface area contributed by atoms with Gasteiger partial charge in [0.05, 0.1) is 0 Å². The zero-order chi connectivity index (χ0) is 12.2. The average Bonchev–Trinajstić information content (AvgIpc) is 2.26. The van der Waals surface area contributed by atoms with Gasteiger partial charge in [0.2, 0.25) is 0 Å². The van der Waals surface area contributed by atoms with Gasteiger partial charge in [0, 0.05) is 6.42 Å². The maximum absolute atomic E-state index is 10.7. The fourth-order valence-corrected chi connectivity index (χ4v) is 1.98. The van der Waals surface area contributed by atoms with Crippen LogP contribution in [-0.2, 0) is 4.79 Å². The van der Waals surface area contributed by atoms with Gasteiger partial charge in [0.1, 0.15) is 5.78 Å². The zero-order valence-electron chi connectivity index (χ0n) is 11.4. The second-order valence-electron chi connectivity index (χ2n) is 4.65. The highest BCUT2D eigenvalue weighted by Crippen LogP contribution is 2.06. The normalized spacial score (nSPS) is 11.0. The van der Waals surface area contributed by atoms with Crippen molar-refractivity contribution in [2.24, 2.45) is 0 Å². The Morgan fingerprint density at radius 1 is 0.938 bits per heavy atom. The third-order valence-electron chi connectivity index (χ3n) is 2.99. The topological polar surface area (TPSA) is 20.3 Å². The molecule has 0 aromatic carbocycles. The minimum atomic E-state index is 0.333. The van der Waals surface area contributed by atoms with Crippen molar-refractivity contribution in [3.8, 4) is 0 Å². The average molecular weight is 227 g/mol. The lowest BCUT2D eigenvalue weighted by Crippen LogP contribution is -2.25. The van der Waals surface area contributed by atoms with Gasteiger partial charge in [-0.25, -0.2) is 0 Å². The molecule has 0 saturated heterocycles. The highest BCUT2D eigenvalue weighted by molar-refractivity contribution is 5.75. The maximum atomic E-state index is 10.7. The standard InChI is InChI=1S/C14H29NO/c1-4-12-15(5-2)13-10-8-6-7-9-11-14(3)16/h4-13H2,1-3H3. The minimum Gasteiger partial charge on any atom is -0.304 e. The monoisotopic (exact) mass is 227 g/mol. The summed E-state index contributed by atoms with van der Waals surface area (Å²) in [4.78, 5) is 13.2. The fraction of sp³-hybridized carbons (Fsp3) is 0.929. The van der Waals surface area contributed by atoms with Gasteiger partial charge in [0.15, 0.2) is 0 Å². The number of carbonyl (C=O) groups is 1. The van der Waals surface area contributed by atoms with Crippen LogP contribution in [0.3, 0.4) is 0 Å². The molecule has 2 heteroatoms. The largest absolute Gasteiger partial charge is 0.304 e. The van der Waals surface area contributed by atoms with Crippen molar-refractivity contribution < 1.29 is 4.79 Å². The van der Waals surface area contributed by atoms with Crippen LogP contribution in [0.1, 0.15) is 65.7 Å². The van der Waals surface area contributed by atoms with Gasteiger partial charge >= 0.3 is 0 Å². The van der Waals surface area contributed by atoms with Gasteiger partial charge in [-0.1, -0.05) is 33.1 Å². The maximum Gasteiger partial charge on any atom is 0.129 e. The summed E-state index contributed by atoms with van der Waals surface area (Å²) >= 11 is 0. The predicted octanol–water partition coefficient (Wildman–Crippen LogP) is 3.65. The SMILES string of the molecule is CCCN(CC)CCCCCCCC(C)=O. The van der Waals surface area contributed by atoms with Gasteiger partial charge in [-0.2, -0.15) is 0 Å². The summed E-state index contributed by atoms with van der Waals surface area (Å²) in [5.74, 6) is 0.333. The molecule has 0 amide bonds. The summed E-state index contributed by atoms with van der Waals surface area (Å²) in [6.45, 7) is 9.83. The number of rotatable bonds is 11. The van der Waals surface area contributed by atoms with Crippen LogP contribution in [0.15, 0.2) is 0 Å². The molecular formula is C14H29NO.